The summed E-state index contributed by atoms with van der Waals surface area (Å²) in [5, 5.41) is 1.56. The maximum atomic E-state index is 13.0. The molecule has 4 rings (SSSR count). The van der Waals surface area contributed by atoms with E-state index in [0.717, 1.165) is 24.7 Å². The molecule has 1 aliphatic carbocycles. The second-order valence-electron chi connectivity index (χ2n) is 7.52. The zero-order valence-electron chi connectivity index (χ0n) is 16.0. The maximum Gasteiger partial charge on any atom is 0.244 e. The molecule has 2 aliphatic rings. The van der Waals surface area contributed by atoms with Gasteiger partial charge in [0.15, 0.2) is 0 Å². The highest BCUT2D eigenvalue weighted by Crippen LogP contribution is 2.34. The first-order valence-electron chi connectivity index (χ1n) is 10.0. The van der Waals surface area contributed by atoms with Crippen LogP contribution in [0.2, 0.25) is 0 Å². The van der Waals surface area contributed by atoms with Crippen LogP contribution in [0.5, 0.6) is 0 Å². The Hall–Kier alpha value is -1.41. The molecule has 28 heavy (non-hydrogen) atoms. The van der Waals surface area contributed by atoms with Crippen molar-refractivity contribution in [2.75, 3.05) is 26.2 Å². The summed E-state index contributed by atoms with van der Waals surface area (Å²) in [6, 6.07) is 13.9. The normalized spacial score (nSPS) is 19.9. The number of hydrogen-bond acceptors (Lipinski definition) is 5. The van der Waals surface area contributed by atoms with Gasteiger partial charge in [-0.15, -0.1) is 11.8 Å². The quantitative estimate of drug-likeness (QED) is 0.718. The zero-order chi connectivity index (χ0) is 19.4. The Bertz CT molecular complexity index is 858. The molecular weight excluding hydrogens is 390 g/mol. The number of benzene rings is 1. The Labute approximate surface area is 172 Å². The first-order valence-corrected chi connectivity index (χ1v) is 12.3. The largest absolute Gasteiger partial charge is 0.296 e. The molecule has 1 saturated heterocycles. The van der Waals surface area contributed by atoms with Crippen molar-refractivity contribution in [1.29, 1.82) is 0 Å². The third-order valence-electron chi connectivity index (χ3n) is 5.52. The molecule has 1 saturated carbocycles. The topological polar surface area (TPSA) is 53.5 Å². The fraction of sp³-hybridized carbons (Fsp3) is 0.476. The van der Waals surface area contributed by atoms with Crippen LogP contribution in [-0.4, -0.2) is 54.0 Å². The van der Waals surface area contributed by atoms with Crippen LogP contribution in [0.4, 0.5) is 0 Å². The molecule has 0 spiro atoms. The number of pyridine rings is 1. The van der Waals surface area contributed by atoms with Crippen molar-refractivity contribution >= 4 is 21.8 Å². The lowest BCUT2D eigenvalue weighted by Gasteiger charge is -2.33. The van der Waals surface area contributed by atoms with E-state index in [4.69, 9.17) is 0 Å². The van der Waals surface area contributed by atoms with Crippen molar-refractivity contribution < 1.29 is 8.42 Å². The molecule has 0 N–H and O–H groups in total. The number of nitrogens with zero attached hydrogens (tertiary/aromatic N) is 3. The fourth-order valence-electron chi connectivity index (χ4n) is 3.88. The van der Waals surface area contributed by atoms with Crippen LogP contribution in [0, 0.1) is 0 Å². The summed E-state index contributed by atoms with van der Waals surface area (Å²) in [5.74, 6) is 0. The predicted octanol–water partition coefficient (Wildman–Crippen LogP) is 3.62. The van der Waals surface area contributed by atoms with Crippen LogP contribution in [0.3, 0.4) is 0 Å². The summed E-state index contributed by atoms with van der Waals surface area (Å²) in [5.41, 5.74) is 1.26. The lowest BCUT2D eigenvalue weighted by atomic mass is 10.2. The number of rotatable bonds is 6. The Balaban J connectivity index is 1.34. The first-order chi connectivity index (χ1) is 13.6. The van der Waals surface area contributed by atoms with E-state index in [2.05, 4.69) is 22.0 Å². The minimum Gasteiger partial charge on any atom is -0.296 e. The van der Waals surface area contributed by atoms with E-state index in [1.54, 1.807) is 22.1 Å². The van der Waals surface area contributed by atoms with Gasteiger partial charge in [0, 0.05) is 44.2 Å². The lowest BCUT2D eigenvalue weighted by Crippen LogP contribution is -2.48. The molecule has 2 fully saturated rings. The van der Waals surface area contributed by atoms with E-state index >= 15 is 0 Å². The van der Waals surface area contributed by atoms with Crippen LogP contribution in [0.25, 0.3) is 0 Å². The summed E-state index contributed by atoms with van der Waals surface area (Å²) in [4.78, 5) is 7.03. The SMILES string of the molecule is O=S(=O)(c1ccc(SC2CCCC2)nc1)N1CCN(Cc2ccccc2)CC1. The summed E-state index contributed by atoms with van der Waals surface area (Å²) < 4.78 is 27.5. The van der Waals surface area contributed by atoms with Gasteiger partial charge >= 0.3 is 0 Å². The molecule has 0 bridgehead atoms. The molecular formula is C21H27N3O2S2. The number of thioether (sulfide) groups is 1. The average Bonchev–Trinajstić information content (AvgIpc) is 3.23. The Kier molecular flexibility index (Phi) is 6.35. The van der Waals surface area contributed by atoms with Gasteiger partial charge in [-0.3, -0.25) is 4.90 Å². The monoisotopic (exact) mass is 417 g/mol. The third kappa shape index (κ3) is 4.76. The van der Waals surface area contributed by atoms with Gasteiger partial charge in [-0.05, 0) is 30.5 Å². The third-order valence-corrected chi connectivity index (χ3v) is 8.69. The summed E-state index contributed by atoms with van der Waals surface area (Å²) >= 11 is 1.78. The molecule has 2 aromatic rings. The van der Waals surface area contributed by atoms with E-state index < -0.39 is 10.0 Å². The van der Waals surface area contributed by atoms with Crippen LogP contribution >= 0.6 is 11.8 Å². The second-order valence-corrected chi connectivity index (χ2v) is 10.8. The molecule has 5 nitrogen and oxygen atoms in total. The Morgan fingerprint density at radius 3 is 2.32 bits per heavy atom. The summed E-state index contributed by atoms with van der Waals surface area (Å²) in [6.07, 6.45) is 6.59. The van der Waals surface area contributed by atoms with E-state index in [1.807, 2.05) is 24.3 Å². The molecule has 1 aromatic carbocycles. The van der Waals surface area contributed by atoms with Crippen molar-refractivity contribution in [2.24, 2.45) is 0 Å². The molecule has 2 heterocycles. The number of sulfonamides is 1. The predicted molar refractivity (Wildman–Crippen MR) is 113 cm³/mol. The molecule has 0 radical (unpaired) electrons. The number of aromatic nitrogens is 1. The minimum atomic E-state index is -3.47. The van der Waals surface area contributed by atoms with Crippen molar-refractivity contribution in [1.82, 2.24) is 14.2 Å². The molecule has 1 aromatic heterocycles. The molecule has 1 aliphatic heterocycles. The van der Waals surface area contributed by atoms with Gasteiger partial charge in [-0.25, -0.2) is 13.4 Å². The minimum absolute atomic E-state index is 0.305. The summed E-state index contributed by atoms with van der Waals surface area (Å²) in [6.45, 7) is 3.40. The van der Waals surface area contributed by atoms with E-state index in [0.29, 0.717) is 23.2 Å². The van der Waals surface area contributed by atoms with Gasteiger partial charge in [0.2, 0.25) is 10.0 Å². The van der Waals surface area contributed by atoms with Crippen LogP contribution in [-0.2, 0) is 16.6 Å². The molecule has 0 atom stereocenters. The van der Waals surface area contributed by atoms with Gasteiger partial charge in [0.1, 0.15) is 4.90 Å². The van der Waals surface area contributed by atoms with E-state index in [-0.39, 0.29) is 0 Å². The van der Waals surface area contributed by atoms with Gasteiger partial charge in [-0.1, -0.05) is 43.2 Å². The lowest BCUT2D eigenvalue weighted by molar-refractivity contribution is 0.181. The van der Waals surface area contributed by atoms with Crippen LogP contribution in [0.1, 0.15) is 31.2 Å². The Morgan fingerprint density at radius 1 is 0.964 bits per heavy atom. The smallest absolute Gasteiger partial charge is 0.244 e. The van der Waals surface area contributed by atoms with Crippen molar-refractivity contribution in [3.05, 3.63) is 54.2 Å². The van der Waals surface area contributed by atoms with Crippen LogP contribution < -0.4 is 0 Å². The first kappa shape index (κ1) is 19.9. The standard InChI is InChI=1S/C21H27N3O2S2/c25-28(26,20-10-11-21(22-16-20)27-19-8-4-5-9-19)24-14-12-23(13-15-24)17-18-6-2-1-3-7-18/h1-3,6-7,10-11,16,19H,4-5,8-9,12-15,17H2. The van der Waals surface area contributed by atoms with Crippen molar-refractivity contribution in [2.45, 2.75) is 47.4 Å². The van der Waals surface area contributed by atoms with Gasteiger partial charge in [-0.2, -0.15) is 4.31 Å². The molecule has 0 unspecified atom stereocenters. The second kappa shape index (κ2) is 8.95. The van der Waals surface area contributed by atoms with Crippen molar-refractivity contribution in [3.63, 3.8) is 0 Å². The van der Waals surface area contributed by atoms with Gasteiger partial charge < -0.3 is 0 Å². The highest BCUT2D eigenvalue weighted by atomic mass is 32.2. The maximum absolute atomic E-state index is 13.0. The molecule has 150 valence electrons. The van der Waals surface area contributed by atoms with E-state index in [9.17, 15) is 8.42 Å². The van der Waals surface area contributed by atoms with E-state index in [1.165, 1.54) is 37.4 Å². The number of hydrogen-bond donors (Lipinski definition) is 0. The molecule has 0 amide bonds. The van der Waals surface area contributed by atoms with Gasteiger partial charge in [0.25, 0.3) is 0 Å². The van der Waals surface area contributed by atoms with Crippen molar-refractivity contribution in [3.8, 4) is 0 Å². The highest BCUT2D eigenvalue weighted by Gasteiger charge is 2.29. The summed E-state index contributed by atoms with van der Waals surface area (Å²) in [7, 11) is -3.47. The van der Waals surface area contributed by atoms with Crippen LogP contribution in [0.15, 0.2) is 58.6 Å². The zero-order valence-corrected chi connectivity index (χ0v) is 17.7. The highest BCUT2D eigenvalue weighted by molar-refractivity contribution is 7.99. The number of piperazine rings is 1. The fourth-order valence-corrected chi connectivity index (χ4v) is 6.42. The average molecular weight is 418 g/mol. The molecule has 7 heteroatoms. The Morgan fingerprint density at radius 2 is 1.68 bits per heavy atom. The van der Waals surface area contributed by atoms with Gasteiger partial charge in [0.05, 0.1) is 5.03 Å².